The normalized spacial score (nSPS) is 32.4. The number of unbranched alkanes of at least 4 members (excludes halogenated alkanes) is 20. The molecule has 3 aliphatic heterocycles. The van der Waals surface area contributed by atoms with E-state index in [-0.39, 0.29) is 18.9 Å². The number of rotatable bonds is 38. The van der Waals surface area contributed by atoms with Crippen LogP contribution in [0.4, 0.5) is 0 Å². The molecule has 19 heteroatoms. The van der Waals surface area contributed by atoms with Crippen LogP contribution in [-0.2, 0) is 33.2 Å². The number of allylic oxidation sites excluding steroid dienone is 3. The summed E-state index contributed by atoms with van der Waals surface area (Å²) in [6.45, 7) is 1.66. The van der Waals surface area contributed by atoms with Crippen LogP contribution in [0.15, 0.2) is 24.3 Å². The van der Waals surface area contributed by atoms with Gasteiger partial charge in [0.15, 0.2) is 18.9 Å². The van der Waals surface area contributed by atoms with Crippen LogP contribution < -0.4 is 5.32 Å². The lowest BCUT2D eigenvalue weighted by atomic mass is 9.96. The molecule has 12 N–H and O–H groups in total. The minimum absolute atomic E-state index is 0.234. The monoisotopic (exact) mass is 1020 g/mol. The molecule has 1 amide bonds. The maximum absolute atomic E-state index is 13.2. The van der Waals surface area contributed by atoms with Crippen LogP contribution in [0.3, 0.4) is 0 Å². The van der Waals surface area contributed by atoms with Crippen LogP contribution in [0.25, 0.3) is 0 Å². The molecule has 3 aliphatic rings. The highest BCUT2D eigenvalue weighted by Crippen LogP contribution is 2.33. The minimum Gasteiger partial charge on any atom is -0.394 e. The third kappa shape index (κ3) is 22.6. The van der Waals surface area contributed by atoms with Crippen LogP contribution in [-0.4, -0.2) is 193 Å². The maximum atomic E-state index is 13.2. The molecule has 0 spiro atoms. The van der Waals surface area contributed by atoms with E-state index in [4.69, 9.17) is 28.4 Å². The molecule has 19 nitrogen and oxygen atoms in total. The Hall–Kier alpha value is -1.73. The number of carbonyl (C=O) groups is 1. The highest BCUT2D eigenvalue weighted by Gasteiger charge is 2.53. The highest BCUT2D eigenvalue weighted by molar-refractivity contribution is 5.76. The Morgan fingerprint density at radius 2 is 0.887 bits per heavy atom. The number of ether oxygens (including phenoxy) is 6. The fraction of sp³-hybridized carbons (Fsp3) is 0.904. The molecule has 416 valence electrons. The Balaban J connectivity index is 1.56. The first kappa shape index (κ1) is 63.6. The van der Waals surface area contributed by atoms with Crippen molar-refractivity contribution in [2.75, 3.05) is 26.4 Å². The van der Waals surface area contributed by atoms with Gasteiger partial charge in [0.25, 0.3) is 0 Å². The summed E-state index contributed by atoms with van der Waals surface area (Å²) in [4.78, 5) is 13.2. The van der Waals surface area contributed by atoms with Gasteiger partial charge in [-0.3, -0.25) is 4.79 Å². The highest BCUT2D eigenvalue weighted by atomic mass is 16.8. The van der Waals surface area contributed by atoms with Crippen molar-refractivity contribution < 1.29 is 89.4 Å². The van der Waals surface area contributed by atoms with Crippen LogP contribution in [0.1, 0.15) is 168 Å². The first-order valence-corrected chi connectivity index (χ1v) is 27.1. The van der Waals surface area contributed by atoms with E-state index in [2.05, 4.69) is 31.3 Å². The molecule has 3 heterocycles. The topological polar surface area (TPSA) is 307 Å². The fourth-order valence-electron chi connectivity index (χ4n) is 9.18. The van der Waals surface area contributed by atoms with E-state index in [9.17, 15) is 61.0 Å². The quantitative estimate of drug-likeness (QED) is 0.0313. The summed E-state index contributed by atoms with van der Waals surface area (Å²) >= 11 is 0. The average molecular weight is 1020 g/mol. The molecule has 3 rings (SSSR count). The molecule has 0 radical (unpaired) electrons. The predicted octanol–water partition coefficient (Wildman–Crippen LogP) is 2.81. The van der Waals surface area contributed by atoms with Gasteiger partial charge in [0, 0.05) is 6.42 Å². The Morgan fingerprint density at radius 1 is 0.493 bits per heavy atom. The van der Waals surface area contributed by atoms with Crippen LogP contribution in [0, 0.1) is 0 Å². The van der Waals surface area contributed by atoms with Gasteiger partial charge >= 0.3 is 0 Å². The smallest absolute Gasteiger partial charge is 0.220 e. The van der Waals surface area contributed by atoms with Gasteiger partial charge in [-0.05, 0) is 44.9 Å². The van der Waals surface area contributed by atoms with Crippen LogP contribution >= 0.6 is 0 Å². The summed E-state index contributed by atoms with van der Waals surface area (Å²) < 4.78 is 34.1. The number of amides is 1. The van der Waals surface area contributed by atoms with Gasteiger partial charge in [0.1, 0.15) is 73.2 Å². The van der Waals surface area contributed by atoms with E-state index in [0.29, 0.717) is 6.42 Å². The van der Waals surface area contributed by atoms with Crippen molar-refractivity contribution in [3.63, 3.8) is 0 Å². The van der Waals surface area contributed by atoms with Crippen molar-refractivity contribution in [2.24, 2.45) is 0 Å². The Labute approximate surface area is 422 Å². The van der Waals surface area contributed by atoms with Crippen molar-refractivity contribution in [2.45, 2.75) is 272 Å². The molecular weight excluding hydrogens is 927 g/mol. The van der Waals surface area contributed by atoms with E-state index in [0.717, 1.165) is 64.2 Å². The van der Waals surface area contributed by atoms with E-state index < -0.39 is 124 Å². The first-order valence-electron chi connectivity index (χ1n) is 27.1. The summed E-state index contributed by atoms with van der Waals surface area (Å²) in [6.07, 6.45) is 7.45. The zero-order valence-electron chi connectivity index (χ0n) is 42.7. The zero-order valence-corrected chi connectivity index (χ0v) is 42.7. The van der Waals surface area contributed by atoms with Crippen molar-refractivity contribution >= 4 is 5.91 Å². The third-order valence-electron chi connectivity index (χ3n) is 13.7. The number of aliphatic hydroxyl groups excluding tert-OH is 11. The fourth-order valence-corrected chi connectivity index (χ4v) is 9.18. The summed E-state index contributed by atoms with van der Waals surface area (Å²) in [5.41, 5.74) is 0. The van der Waals surface area contributed by atoms with Gasteiger partial charge in [0.05, 0.1) is 38.6 Å². The minimum atomic E-state index is -1.98. The second-order valence-electron chi connectivity index (χ2n) is 19.7. The van der Waals surface area contributed by atoms with Gasteiger partial charge in [-0.2, -0.15) is 0 Å². The van der Waals surface area contributed by atoms with Crippen molar-refractivity contribution in [1.29, 1.82) is 0 Å². The van der Waals surface area contributed by atoms with Gasteiger partial charge in [0.2, 0.25) is 5.91 Å². The predicted molar refractivity (Wildman–Crippen MR) is 263 cm³/mol. The van der Waals surface area contributed by atoms with Crippen molar-refractivity contribution in [1.82, 2.24) is 5.32 Å². The lowest BCUT2D eigenvalue weighted by Gasteiger charge is -2.48. The van der Waals surface area contributed by atoms with Gasteiger partial charge in [-0.15, -0.1) is 0 Å². The lowest BCUT2D eigenvalue weighted by molar-refractivity contribution is -0.379. The Kier molecular flexibility index (Phi) is 33.2. The molecule has 0 saturated carbocycles. The summed E-state index contributed by atoms with van der Waals surface area (Å²) in [6, 6.07) is -0.972. The van der Waals surface area contributed by atoms with E-state index in [1.54, 1.807) is 6.08 Å². The SMILES string of the molecule is CCCCCCC/C=C\CCCCCCCC(=O)NC(COC1OC(CO)C(OC2OC(CO)C(OC3OC(CO)C(O)C(O)C3O)C(O)C2O)C(O)C1O)C(O)/C=C/CCCCCCCCCCCC. The van der Waals surface area contributed by atoms with E-state index in [1.807, 2.05) is 6.08 Å². The number of carbonyl (C=O) groups excluding carboxylic acids is 1. The van der Waals surface area contributed by atoms with Crippen molar-refractivity contribution in [3.05, 3.63) is 24.3 Å². The number of nitrogens with one attached hydrogen (secondary N) is 1. The Morgan fingerprint density at radius 3 is 1.37 bits per heavy atom. The molecule has 0 aromatic carbocycles. The number of hydrogen-bond donors (Lipinski definition) is 12. The molecule has 0 aromatic heterocycles. The summed E-state index contributed by atoms with van der Waals surface area (Å²) in [7, 11) is 0. The summed E-state index contributed by atoms with van der Waals surface area (Å²) in [5, 5.41) is 120. The third-order valence-corrected chi connectivity index (χ3v) is 13.7. The molecule has 0 aliphatic carbocycles. The molecule has 0 aromatic rings. The standard InChI is InChI=1S/C52H95NO18/c1-3-5-7-9-11-13-15-17-18-20-22-24-26-28-30-40(58)53-35(36(57)29-27-25-23-21-19-16-14-12-10-8-6-4-2)34-66-50-46(64)43(61)48(38(32-55)68-50)71-52-47(65)44(62)49(39(33-56)69-52)70-51-45(63)42(60)41(59)37(31-54)67-51/h15,17,27,29,35-39,41-52,54-57,59-65H,3-14,16,18-26,28,30-34H2,1-2H3,(H,53,58)/b17-15-,29-27+. The van der Waals surface area contributed by atoms with E-state index in [1.165, 1.54) is 77.0 Å². The number of aliphatic hydroxyl groups is 11. The van der Waals surface area contributed by atoms with E-state index >= 15 is 0 Å². The molecular formula is C52H95NO18. The first-order chi connectivity index (χ1) is 34.3. The molecule has 17 unspecified atom stereocenters. The van der Waals surface area contributed by atoms with Crippen LogP contribution in [0.2, 0.25) is 0 Å². The average Bonchev–Trinajstić information content (AvgIpc) is 3.36. The second-order valence-corrected chi connectivity index (χ2v) is 19.7. The van der Waals surface area contributed by atoms with Gasteiger partial charge < -0.3 is 89.9 Å². The molecule has 0 bridgehead atoms. The molecule has 3 fully saturated rings. The number of hydrogen-bond acceptors (Lipinski definition) is 18. The molecule has 3 saturated heterocycles. The zero-order chi connectivity index (χ0) is 52.0. The van der Waals surface area contributed by atoms with Crippen molar-refractivity contribution in [3.8, 4) is 0 Å². The molecule has 17 atom stereocenters. The largest absolute Gasteiger partial charge is 0.394 e. The van der Waals surface area contributed by atoms with Gasteiger partial charge in [-0.1, -0.05) is 141 Å². The maximum Gasteiger partial charge on any atom is 0.220 e. The van der Waals surface area contributed by atoms with Crippen LogP contribution in [0.5, 0.6) is 0 Å². The lowest BCUT2D eigenvalue weighted by Crippen LogP contribution is -2.66. The molecule has 71 heavy (non-hydrogen) atoms. The summed E-state index contributed by atoms with van der Waals surface area (Å²) in [5.74, 6) is -0.287. The Bertz CT molecular complexity index is 1410. The second kappa shape index (κ2) is 37.1. The van der Waals surface area contributed by atoms with Gasteiger partial charge in [-0.25, -0.2) is 0 Å².